The first-order valence-corrected chi connectivity index (χ1v) is 11.2. The molecule has 1 saturated heterocycles. The predicted octanol–water partition coefficient (Wildman–Crippen LogP) is 6.07. The number of rotatable bonds is 8. The van der Waals surface area contributed by atoms with E-state index >= 15 is 0 Å². The van der Waals surface area contributed by atoms with Gasteiger partial charge in [-0.15, -0.1) is 0 Å². The molecule has 1 aliphatic heterocycles. The summed E-state index contributed by atoms with van der Waals surface area (Å²) in [4.78, 5) is 2.75. The van der Waals surface area contributed by atoms with Gasteiger partial charge in [0.05, 0.1) is 6.61 Å². The number of fused-ring (bicyclic) bond motifs is 1. The molecule has 2 fully saturated rings. The van der Waals surface area contributed by atoms with Crippen LogP contribution in [0.3, 0.4) is 0 Å². The van der Waals surface area contributed by atoms with Crippen LogP contribution in [0.15, 0.2) is 36.4 Å². The van der Waals surface area contributed by atoms with Crippen LogP contribution >= 0.6 is 0 Å². The normalized spacial score (nSPS) is 28.2. The minimum Gasteiger partial charge on any atom is -0.494 e. The number of benzene rings is 1. The Balaban J connectivity index is 1.69. The van der Waals surface area contributed by atoms with E-state index in [0.717, 1.165) is 30.6 Å². The van der Waals surface area contributed by atoms with Gasteiger partial charge in [-0.2, -0.15) is 0 Å². The largest absolute Gasteiger partial charge is 0.494 e. The lowest BCUT2D eigenvalue weighted by atomic mass is 9.67. The summed E-state index contributed by atoms with van der Waals surface area (Å²) in [7, 11) is 0. The average molecular weight is 370 g/mol. The van der Waals surface area contributed by atoms with Crippen molar-refractivity contribution in [1.29, 1.82) is 0 Å². The molecule has 3 rings (SSSR count). The van der Waals surface area contributed by atoms with Crippen LogP contribution in [0.2, 0.25) is 0 Å². The van der Waals surface area contributed by atoms with Crippen LogP contribution in [0, 0.1) is 17.8 Å². The van der Waals surface area contributed by atoms with E-state index in [2.05, 4.69) is 69.0 Å². The average Bonchev–Trinajstić information content (AvgIpc) is 3.11. The molecule has 2 aliphatic rings. The van der Waals surface area contributed by atoms with Crippen LogP contribution < -0.4 is 4.74 Å². The molecular weight excluding hydrogens is 330 g/mol. The molecule has 0 radical (unpaired) electrons. The molecule has 0 spiro atoms. The van der Waals surface area contributed by atoms with Gasteiger partial charge in [0.25, 0.3) is 0 Å². The zero-order chi connectivity index (χ0) is 19.3. The lowest BCUT2D eigenvalue weighted by Crippen LogP contribution is -2.48. The topological polar surface area (TPSA) is 12.5 Å². The molecule has 1 saturated carbocycles. The highest BCUT2D eigenvalue weighted by atomic mass is 16.5. The van der Waals surface area contributed by atoms with Gasteiger partial charge in [-0.25, -0.2) is 0 Å². The SMILES string of the molecule is CC=CC(C)C(C)CN1CCC2(c3cccc(OCCC)c3)CCCC2C1. The predicted molar refractivity (Wildman–Crippen MR) is 115 cm³/mol. The Morgan fingerprint density at radius 3 is 2.93 bits per heavy atom. The molecule has 2 nitrogen and oxygen atoms in total. The third-order valence-electron chi connectivity index (χ3n) is 7.13. The Hall–Kier alpha value is -1.28. The van der Waals surface area contributed by atoms with Gasteiger partial charge in [0, 0.05) is 18.5 Å². The second-order valence-corrected chi connectivity index (χ2v) is 8.99. The lowest BCUT2D eigenvalue weighted by Gasteiger charge is -2.46. The molecule has 1 aromatic carbocycles. The maximum atomic E-state index is 5.94. The summed E-state index contributed by atoms with van der Waals surface area (Å²) in [6, 6.07) is 9.04. The van der Waals surface area contributed by atoms with Crippen molar-refractivity contribution < 1.29 is 4.74 Å². The lowest BCUT2D eigenvalue weighted by molar-refractivity contribution is 0.0937. The van der Waals surface area contributed by atoms with Crippen molar-refractivity contribution in [2.24, 2.45) is 17.8 Å². The Labute approximate surface area is 167 Å². The molecule has 1 aliphatic carbocycles. The van der Waals surface area contributed by atoms with E-state index in [4.69, 9.17) is 4.74 Å². The van der Waals surface area contributed by atoms with E-state index in [1.54, 1.807) is 0 Å². The summed E-state index contributed by atoms with van der Waals surface area (Å²) in [6.07, 6.45) is 11.0. The van der Waals surface area contributed by atoms with Gasteiger partial charge in [0.1, 0.15) is 5.75 Å². The Bertz CT molecular complexity index is 625. The van der Waals surface area contributed by atoms with Crippen molar-refractivity contribution in [2.75, 3.05) is 26.2 Å². The molecule has 4 atom stereocenters. The summed E-state index contributed by atoms with van der Waals surface area (Å²) in [5, 5.41) is 0. The number of likely N-dealkylation sites (tertiary alicyclic amines) is 1. The maximum absolute atomic E-state index is 5.94. The summed E-state index contributed by atoms with van der Waals surface area (Å²) in [6.45, 7) is 13.6. The molecule has 1 aromatic rings. The fourth-order valence-corrected chi connectivity index (χ4v) is 5.37. The van der Waals surface area contributed by atoms with Crippen LogP contribution in [-0.2, 0) is 5.41 Å². The van der Waals surface area contributed by atoms with Gasteiger partial charge in [-0.1, -0.05) is 51.5 Å². The van der Waals surface area contributed by atoms with E-state index in [9.17, 15) is 0 Å². The molecular formula is C25H39NO. The van der Waals surface area contributed by atoms with E-state index in [1.165, 1.54) is 50.9 Å². The third-order valence-corrected chi connectivity index (χ3v) is 7.13. The van der Waals surface area contributed by atoms with Crippen molar-refractivity contribution in [3.63, 3.8) is 0 Å². The molecule has 0 N–H and O–H groups in total. The van der Waals surface area contributed by atoms with Gasteiger partial charge in [0.15, 0.2) is 0 Å². The fraction of sp³-hybridized carbons (Fsp3) is 0.680. The Morgan fingerprint density at radius 2 is 2.15 bits per heavy atom. The highest BCUT2D eigenvalue weighted by Crippen LogP contribution is 2.51. The summed E-state index contributed by atoms with van der Waals surface area (Å²) in [5.74, 6) is 3.25. The highest BCUT2D eigenvalue weighted by Gasteiger charge is 2.47. The standard InChI is InChI=1S/C25H39NO/c1-5-9-20(3)21(4)18-26-15-14-25(13-8-11-23(25)19-26)22-10-7-12-24(17-22)27-16-6-2/h5,7,9-10,12,17,20-21,23H,6,8,11,13-16,18-19H2,1-4H3. The molecule has 0 aromatic heterocycles. The molecule has 1 heterocycles. The first-order chi connectivity index (χ1) is 13.1. The number of hydrogen-bond donors (Lipinski definition) is 0. The molecule has 0 bridgehead atoms. The monoisotopic (exact) mass is 369 g/mol. The molecule has 2 heteroatoms. The minimum atomic E-state index is 0.389. The summed E-state index contributed by atoms with van der Waals surface area (Å²) in [5.41, 5.74) is 1.92. The minimum absolute atomic E-state index is 0.389. The fourth-order valence-electron chi connectivity index (χ4n) is 5.37. The zero-order valence-electron chi connectivity index (χ0n) is 17.9. The summed E-state index contributed by atoms with van der Waals surface area (Å²) >= 11 is 0. The van der Waals surface area contributed by atoms with Crippen LogP contribution in [0.5, 0.6) is 5.75 Å². The van der Waals surface area contributed by atoms with E-state index in [-0.39, 0.29) is 0 Å². The first-order valence-electron chi connectivity index (χ1n) is 11.2. The van der Waals surface area contributed by atoms with Crippen LogP contribution in [-0.4, -0.2) is 31.1 Å². The van der Waals surface area contributed by atoms with E-state index < -0.39 is 0 Å². The van der Waals surface area contributed by atoms with Crippen molar-refractivity contribution in [3.8, 4) is 5.75 Å². The van der Waals surface area contributed by atoms with Crippen molar-refractivity contribution in [1.82, 2.24) is 4.90 Å². The van der Waals surface area contributed by atoms with Gasteiger partial charge in [-0.05, 0) is 74.6 Å². The van der Waals surface area contributed by atoms with Gasteiger partial charge in [-0.3, -0.25) is 0 Å². The number of hydrogen-bond acceptors (Lipinski definition) is 2. The zero-order valence-corrected chi connectivity index (χ0v) is 17.9. The van der Waals surface area contributed by atoms with Crippen LogP contribution in [0.4, 0.5) is 0 Å². The van der Waals surface area contributed by atoms with Gasteiger partial charge < -0.3 is 9.64 Å². The Morgan fingerprint density at radius 1 is 1.30 bits per heavy atom. The number of ether oxygens (including phenoxy) is 1. The molecule has 4 unspecified atom stereocenters. The maximum Gasteiger partial charge on any atom is 0.119 e. The summed E-state index contributed by atoms with van der Waals surface area (Å²) < 4.78 is 5.94. The van der Waals surface area contributed by atoms with Crippen LogP contribution in [0.25, 0.3) is 0 Å². The van der Waals surface area contributed by atoms with Crippen LogP contribution in [0.1, 0.15) is 65.4 Å². The van der Waals surface area contributed by atoms with E-state index in [1.807, 2.05) is 0 Å². The van der Waals surface area contributed by atoms with E-state index in [0.29, 0.717) is 11.3 Å². The van der Waals surface area contributed by atoms with Gasteiger partial charge in [0.2, 0.25) is 0 Å². The second kappa shape index (κ2) is 9.28. The number of piperidine rings is 1. The van der Waals surface area contributed by atoms with Crippen molar-refractivity contribution in [2.45, 2.75) is 65.2 Å². The van der Waals surface area contributed by atoms with Crippen molar-refractivity contribution >= 4 is 0 Å². The first kappa shape index (κ1) is 20.5. The second-order valence-electron chi connectivity index (χ2n) is 8.99. The van der Waals surface area contributed by atoms with Crippen molar-refractivity contribution in [3.05, 3.63) is 42.0 Å². The third kappa shape index (κ3) is 4.59. The highest BCUT2D eigenvalue weighted by molar-refractivity contribution is 5.36. The molecule has 27 heavy (non-hydrogen) atoms. The smallest absolute Gasteiger partial charge is 0.119 e. The molecule has 0 amide bonds. The number of allylic oxidation sites excluding steroid dienone is 2. The van der Waals surface area contributed by atoms with Gasteiger partial charge >= 0.3 is 0 Å². The molecule has 150 valence electrons. The number of nitrogens with zero attached hydrogens (tertiary/aromatic N) is 1. The quantitative estimate of drug-likeness (QED) is 0.516. The Kier molecular flexibility index (Phi) is 7.03.